The van der Waals surface area contributed by atoms with Crippen LogP contribution in [0.15, 0.2) is 42.5 Å². The Balaban J connectivity index is 1.52. The van der Waals surface area contributed by atoms with Crippen molar-refractivity contribution in [3.63, 3.8) is 0 Å². The average molecular weight is 368 g/mol. The highest BCUT2D eigenvalue weighted by Gasteiger charge is 2.27. The maximum absolute atomic E-state index is 12.8. The number of hydrogen-bond acceptors (Lipinski definition) is 2. The summed E-state index contributed by atoms with van der Waals surface area (Å²) in [6.07, 6.45) is 2.49. The number of carbonyl (C=O) groups is 1. The second-order valence-corrected chi connectivity index (χ2v) is 7.58. The van der Waals surface area contributed by atoms with E-state index in [-0.39, 0.29) is 11.8 Å². The van der Waals surface area contributed by atoms with Gasteiger partial charge in [0, 0.05) is 53.0 Å². The zero-order chi connectivity index (χ0) is 18.3. The van der Waals surface area contributed by atoms with Gasteiger partial charge in [0.15, 0.2) is 0 Å². The summed E-state index contributed by atoms with van der Waals surface area (Å²) in [5.41, 5.74) is 5.52. The highest BCUT2D eigenvalue weighted by molar-refractivity contribution is 6.31. The molecule has 1 atom stereocenters. The van der Waals surface area contributed by atoms with Gasteiger partial charge in [-0.3, -0.25) is 4.79 Å². The topological polar surface area (TPSA) is 48.1 Å². The van der Waals surface area contributed by atoms with E-state index in [0.717, 1.165) is 46.6 Å². The first-order valence-electron chi connectivity index (χ1n) is 8.88. The van der Waals surface area contributed by atoms with Crippen molar-refractivity contribution in [1.29, 1.82) is 0 Å². The number of benzene rings is 2. The fourth-order valence-electron chi connectivity index (χ4n) is 3.70. The van der Waals surface area contributed by atoms with Crippen LogP contribution in [0.2, 0.25) is 5.02 Å². The number of aryl methyl sites for hydroxylation is 1. The smallest absolute Gasteiger partial charge is 0.227 e. The Morgan fingerprint density at radius 2 is 1.96 bits per heavy atom. The number of amides is 1. The Hall–Kier alpha value is -2.46. The van der Waals surface area contributed by atoms with Gasteiger partial charge in [-0.15, -0.1) is 0 Å². The molecule has 2 N–H and O–H groups in total. The number of halogens is 1. The van der Waals surface area contributed by atoms with Gasteiger partial charge in [-0.2, -0.15) is 0 Å². The van der Waals surface area contributed by atoms with Gasteiger partial charge < -0.3 is 15.2 Å². The van der Waals surface area contributed by atoms with E-state index in [1.165, 1.54) is 11.3 Å². The van der Waals surface area contributed by atoms with Crippen LogP contribution in [0.4, 0.5) is 11.4 Å². The van der Waals surface area contributed by atoms with Crippen LogP contribution in [0, 0.1) is 5.92 Å². The van der Waals surface area contributed by atoms with Crippen LogP contribution >= 0.6 is 11.6 Å². The van der Waals surface area contributed by atoms with Crippen LogP contribution in [0.5, 0.6) is 0 Å². The van der Waals surface area contributed by atoms with Crippen molar-refractivity contribution in [1.82, 2.24) is 4.98 Å². The van der Waals surface area contributed by atoms with Gasteiger partial charge in [0.25, 0.3) is 0 Å². The van der Waals surface area contributed by atoms with E-state index in [0.29, 0.717) is 0 Å². The first kappa shape index (κ1) is 17.0. The summed E-state index contributed by atoms with van der Waals surface area (Å²) in [6.45, 7) is 0. The van der Waals surface area contributed by atoms with E-state index in [9.17, 15) is 4.79 Å². The molecule has 134 valence electrons. The number of H-pyrrole nitrogens is 1. The first-order valence-corrected chi connectivity index (χ1v) is 9.26. The lowest BCUT2D eigenvalue weighted by Gasteiger charge is -2.22. The van der Waals surface area contributed by atoms with Crippen molar-refractivity contribution in [3.8, 4) is 0 Å². The monoisotopic (exact) mass is 367 g/mol. The number of aromatic nitrogens is 1. The molecule has 26 heavy (non-hydrogen) atoms. The number of aromatic amines is 1. The number of carbonyl (C=O) groups excluding carboxylic acids is 1. The molecule has 0 saturated heterocycles. The predicted molar refractivity (Wildman–Crippen MR) is 108 cm³/mol. The lowest BCUT2D eigenvalue weighted by Crippen LogP contribution is -2.28. The van der Waals surface area contributed by atoms with Crippen molar-refractivity contribution in [2.24, 2.45) is 5.92 Å². The molecule has 0 spiro atoms. The third kappa shape index (κ3) is 3.17. The number of hydrogen-bond donors (Lipinski definition) is 2. The van der Waals surface area contributed by atoms with E-state index in [1.807, 2.05) is 61.5 Å². The van der Waals surface area contributed by atoms with Gasteiger partial charge in [0.2, 0.25) is 5.91 Å². The maximum atomic E-state index is 12.8. The number of rotatable bonds is 3. The third-order valence-electron chi connectivity index (χ3n) is 5.17. The molecule has 0 bridgehead atoms. The van der Waals surface area contributed by atoms with Crippen LogP contribution in [0.25, 0.3) is 10.9 Å². The standard InChI is InChI=1S/C21H22ClN3O/c1-25(2)16-7-5-15(6-8-16)23-21(26)13-3-9-19-17(11-13)18-12-14(22)4-10-20(18)24-19/h4-8,10,12-13,24H,3,9,11H2,1-2H3,(H,23,26). The molecule has 3 aromatic rings. The molecule has 0 fully saturated rings. The van der Waals surface area contributed by atoms with Crippen molar-refractivity contribution < 1.29 is 4.79 Å². The molecule has 0 radical (unpaired) electrons. The molecule has 1 aliphatic carbocycles. The first-order chi connectivity index (χ1) is 12.5. The summed E-state index contributed by atoms with van der Waals surface area (Å²) in [6, 6.07) is 13.8. The maximum Gasteiger partial charge on any atom is 0.227 e. The van der Waals surface area contributed by atoms with Crippen LogP contribution < -0.4 is 10.2 Å². The molecule has 4 rings (SSSR count). The van der Waals surface area contributed by atoms with Crippen molar-refractivity contribution >= 4 is 39.8 Å². The second kappa shape index (κ2) is 6.69. The molecule has 1 heterocycles. The molecule has 0 saturated carbocycles. The number of nitrogens with zero attached hydrogens (tertiary/aromatic N) is 1. The summed E-state index contributed by atoms with van der Waals surface area (Å²) < 4.78 is 0. The third-order valence-corrected chi connectivity index (χ3v) is 5.41. The largest absolute Gasteiger partial charge is 0.378 e. The molecule has 1 amide bonds. The fraction of sp³-hybridized carbons (Fsp3) is 0.286. The number of fused-ring (bicyclic) bond motifs is 3. The summed E-state index contributed by atoms with van der Waals surface area (Å²) >= 11 is 6.16. The van der Waals surface area contributed by atoms with Crippen molar-refractivity contribution in [2.75, 3.05) is 24.3 Å². The summed E-state index contributed by atoms with van der Waals surface area (Å²) in [7, 11) is 4.00. The minimum Gasteiger partial charge on any atom is -0.378 e. The summed E-state index contributed by atoms with van der Waals surface area (Å²) in [4.78, 5) is 18.3. The van der Waals surface area contributed by atoms with E-state index >= 15 is 0 Å². The SMILES string of the molecule is CN(C)c1ccc(NC(=O)C2CCc3[nH]c4ccc(Cl)cc4c3C2)cc1. The minimum absolute atomic E-state index is 0.0194. The molecule has 1 unspecified atom stereocenters. The van der Waals surface area contributed by atoms with E-state index in [1.54, 1.807) is 0 Å². The lowest BCUT2D eigenvalue weighted by molar-refractivity contribution is -0.120. The molecule has 0 aliphatic heterocycles. The van der Waals surface area contributed by atoms with Crippen LogP contribution in [-0.2, 0) is 17.6 Å². The zero-order valence-corrected chi connectivity index (χ0v) is 15.7. The lowest BCUT2D eigenvalue weighted by atomic mass is 9.86. The van der Waals surface area contributed by atoms with E-state index in [4.69, 9.17) is 11.6 Å². The van der Waals surface area contributed by atoms with Crippen LogP contribution in [-0.4, -0.2) is 25.0 Å². The Kier molecular flexibility index (Phi) is 4.37. The Labute approximate surface area is 158 Å². The van der Waals surface area contributed by atoms with Gasteiger partial charge in [-0.25, -0.2) is 0 Å². The second-order valence-electron chi connectivity index (χ2n) is 7.14. The van der Waals surface area contributed by atoms with Crippen molar-refractivity contribution in [3.05, 3.63) is 58.7 Å². The molecule has 1 aromatic heterocycles. The summed E-state index contributed by atoms with van der Waals surface area (Å²) in [5, 5.41) is 4.93. The predicted octanol–water partition coefficient (Wildman–Crippen LogP) is 4.63. The van der Waals surface area contributed by atoms with Gasteiger partial charge >= 0.3 is 0 Å². The van der Waals surface area contributed by atoms with Crippen molar-refractivity contribution in [2.45, 2.75) is 19.3 Å². The normalized spacial score (nSPS) is 16.3. The molecule has 5 heteroatoms. The number of anilines is 2. The van der Waals surface area contributed by atoms with Gasteiger partial charge in [-0.05, 0) is 67.3 Å². The minimum atomic E-state index is -0.0194. The van der Waals surface area contributed by atoms with Gasteiger partial charge in [0.05, 0.1) is 0 Å². The quantitative estimate of drug-likeness (QED) is 0.709. The highest BCUT2D eigenvalue weighted by atomic mass is 35.5. The fourth-order valence-corrected chi connectivity index (χ4v) is 3.87. The molecular formula is C21H22ClN3O. The average Bonchev–Trinajstić information content (AvgIpc) is 2.99. The van der Waals surface area contributed by atoms with Crippen LogP contribution in [0.3, 0.4) is 0 Å². The Morgan fingerprint density at radius 3 is 2.69 bits per heavy atom. The molecule has 2 aromatic carbocycles. The van der Waals surface area contributed by atoms with E-state index < -0.39 is 0 Å². The summed E-state index contributed by atoms with van der Waals surface area (Å²) in [5.74, 6) is 0.0682. The zero-order valence-electron chi connectivity index (χ0n) is 15.0. The Bertz CT molecular complexity index is 959. The molecule has 4 nitrogen and oxygen atoms in total. The van der Waals surface area contributed by atoms with Crippen LogP contribution in [0.1, 0.15) is 17.7 Å². The van der Waals surface area contributed by atoms with Gasteiger partial charge in [-0.1, -0.05) is 11.6 Å². The Morgan fingerprint density at radius 1 is 1.19 bits per heavy atom. The van der Waals surface area contributed by atoms with E-state index in [2.05, 4.69) is 10.3 Å². The molecular weight excluding hydrogens is 346 g/mol. The molecule has 1 aliphatic rings. The highest BCUT2D eigenvalue weighted by Crippen LogP contribution is 2.33. The number of nitrogens with one attached hydrogen (secondary N) is 2. The van der Waals surface area contributed by atoms with Gasteiger partial charge in [0.1, 0.15) is 0 Å².